The molecule has 7 heteroatoms. The van der Waals surface area contributed by atoms with Gasteiger partial charge in [0.1, 0.15) is 17.5 Å². The van der Waals surface area contributed by atoms with E-state index in [1.165, 1.54) is 54.6 Å². The monoisotopic (exact) mass is 412 g/mol. The molecule has 1 atom stereocenters. The third-order valence-corrected chi connectivity index (χ3v) is 6.00. The van der Waals surface area contributed by atoms with Crippen LogP contribution < -0.4 is 0 Å². The van der Waals surface area contributed by atoms with E-state index in [4.69, 9.17) is 4.65 Å². The Morgan fingerprint density at radius 3 is 1.63 bits per heavy atom. The highest BCUT2D eigenvalue weighted by atomic mass is 19.1. The van der Waals surface area contributed by atoms with Crippen molar-refractivity contribution in [3.63, 3.8) is 0 Å². The van der Waals surface area contributed by atoms with Crippen molar-refractivity contribution in [3.8, 4) is 0 Å². The van der Waals surface area contributed by atoms with Gasteiger partial charge < -0.3 is 14.7 Å². The lowest BCUT2D eigenvalue weighted by molar-refractivity contribution is -0.0215. The Balaban J connectivity index is 2.08. The second kappa shape index (κ2) is 7.91. The summed E-state index contributed by atoms with van der Waals surface area (Å²) in [5.41, 5.74) is -1.33. The van der Waals surface area contributed by atoms with Crippen LogP contribution in [0.1, 0.15) is 36.0 Å². The van der Waals surface area contributed by atoms with Gasteiger partial charge in [-0.1, -0.05) is 36.4 Å². The molecule has 3 aromatic rings. The summed E-state index contributed by atoms with van der Waals surface area (Å²) in [5.74, 6) is -1.51. The average Bonchev–Trinajstić information content (AvgIpc) is 3.08. The van der Waals surface area contributed by atoms with Gasteiger partial charge in [-0.25, -0.2) is 13.2 Å². The maximum atomic E-state index is 14.3. The Hall–Kier alpha value is -2.61. The zero-order valence-electron chi connectivity index (χ0n) is 16.1. The minimum Gasteiger partial charge on any atom is -0.402 e. The summed E-state index contributed by atoms with van der Waals surface area (Å²) < 4.78 is 48.5. The van der Waals surface area contributed by atoms with Crippen molar-refractivity contribution in [2.75, 3.05) is 0 Å². The summed E-state index contributed by atoms with van der Waals surface area (Å²) in [6, 6.07) is 17.4. The molecule has 3 aromatic carbocycles. The molecule has 0 aromatic heterocycles. The van der Waals surface area contributed by atoms with Gasteiger partial charge in [0.2, 0.25) is 0 Å². The molecule has 1 aliphatic carbocycles. The first kappa shape index (κ1) is 20.7. The lowest BCUT2D eigenvalue weighted by Gasteiger charge is -2.47. The molecule has 0 radical (unpaired) electrons. The van der Waals surface area contributed by atoms with Crippen molar-refractivity contribution in [2.45, 2.75) is 30.3 Å². The average molecular weight is 412 g/mol. The van der Waals surface area contributed by atoms with Crippen molar-refractivity contribution < 1.29 is 27.9 Å². The number of halogens is 3. The summed E-state index contributed by atoms with van der Waals surface area (Å²) in [7, 11) is -2.17. The van der Waals surface area contributed by atoms with Gasteiger partial charge in [-0.15, -0.1) is 0 Å². The van der Waals surface area contributed by atoms with E-state index in [9.17, 15) is 23.2 Å². The predicted molar refractivity (Wildman–Crippen MR) is 107 cm³/mol. The number of benzene rings is 3. The van der Waals surface area contributed by atoms with Crippen molar-refractivity contribution in [3.05, 3.63) is 107 Å². The highest BCUT2D eigenvalue weighted by molar-refractivity contribution is 6.32. The van der Waals surface area contributed by atoms with Crippen LogP contribution >= 0.6 is 0 Å². The molecule has 0 heterocycles. The van der Waals surface area contributed by atoms with Gasteiger partial charge in [-0.2, -0.15) is 0 Å². The van der Waals surface area contributed by atoms with Gasteiger partial charge in [0.05, 0.1) is 11.0 Å². The molecule has 0 amide bonds. The van der Waals surface area contributed by atoms with Crippen molar-refractivity contribution in [1.82, 2.24) is 0 Å². The Labute approximate surface area is 172 Å². The fourth-order valence-electron chi connectivity index (χ4n) is 4.99. The Morgan fingerprint density at radius 1 is 0.700 bits per heavy atom. The molecule has 154 valence electrons. The lowest BCUT2D eigenvalue weighted by Crippen LogP contribution is -2.51. The molecular formula is C23H20BF3O3. The van der Waals surface area contributed by atoms with Crippen LogP contribution in [-0.4, -0.2) is 17.4 Å². The highest BCUT2D eigenvalue weighted by Crippen LogP contribution is 2.60. The Kier molecular flexibility index (Phi) is 5.45. The lowest BCUT2D eigenvalue weighted by atomic mass is 9.62. The number of hydrogen-bond acceptors (Lipinski definition) is 3. The first-order chi connectivity index (χ1) is 14.4. The quantitative estimate of drug-likeness (QED) is 0.609. The molecule has 0 saturated heterocycles. The zero-order chi connectivity index (χ0) is 21.4. The van der Waals surface area contributed by atoms with Gasteiger partial charge in [-0.05, 0) is 72.4 Å². The molecule has 1 fully saturated rings. The minimum atomic E-state index is -2.17. The molecule has 0 bridgehead atoms. The van der Waals surface area contributed by atoms with Crippen molar-refractivity contribution in [2.24, 2.45) is 0 Å². The van der Waals surface area contributed by atoms with Gasteiger partial charge >= 0.3 is 7.32 Å². The molecule has 1 aliphatic rings. The van der Waals surface area contributed by atoms with E-state index in [0.717, 1.165) is 0 Å². The summed E-state index contributed by atoms with van der Waals surface area (Å²) in [6.07, 6.45) is 1.25. The summed E-state index contributed by atoms with van der Waals surface area (Å²) in [4.78, 5) is 0. The van der Waals surface area contributed by atoms with E-state index in [-0.39, 0.29) is 0 Å². The van der Waals surface area contributed by atoms with Crippen LogP contribution in [0.5, 0.6) is 0 Å². The number of rotatable bonds is 5. The minimum absolute atomic E-state index is 0.293. The van der Waals surface area contributed by atoms with Crippen LogP contribution in [0, 0.1) is 17.5 Å². The molecule has 4 rings (SSSR count). The van der Waals surface area contributed by atoms with Gasteiger partial charge in [-0.3, -0.25) is 0 Å². The second-order valence-electron chi connectivity index (χ2n) is 7.56. The third kappa shape index (κ3) is 3.33. The molecule has 2 N–H and O–H groups in total. The largest absolute Gasteiger partial charge is 0.634 e. The van der Waals surface area contributed by atoms with E-state index in [1.807, 2.05) is 0 Å². The molecule has 0 spiro atoms. The topological polar surface area (TPSA) is 49.7 Å². The number of hydrogen-bond donors (Lipinski definition) is 2. The van der Waals surface area contributed by atoms with Crippen LogP contribution in [0.15, 0.2) is 72.8 Å². The standard InChI is InChI=1S/C23H20BF3O3/c25-19-8-1-5-16(13-19)22(17-6-2-9-20(26)14-17)11-4-12-23(22,30-24(28)29)18-7-3-10-21(27)15-18/h1-3,5-10,13-15,28-29H,4,11-12H2. The molecule has 30 heavy (non-hydrogen) atoms. The van der Waals surface area contributed by atoms with Crippen molar-refractivity contribution in [1.29, 1.82) is 0 Å². The van der Waals surface area contributed by atoms with Gasteiger partial charge in [0.15, 0.2) is 0 Å². The zero-order valence-corrected chi connectivity index (χ0v) is 16.1. The fraction of sp³-hybridized carbons (Fsp3) is 0.217. The van der Waals surface area contributed by atoms with Crippen LogP contribution in [0.25, 0.3) is 0 Å². The fourth-order valence-corrected chi connectivity index (χ4v) is 4.99. The maximum Gasteiger partial charge on any atom is 0.634 e. The predicted octanol–water partition coefficient (Wildman–Crippen LogP) is 4.46. The first-order valence-electron chi connectivity index (χ1n) is 9.69. The van der Waals surface area contributed by atoms with Crippen LogP contribution in [0.4, 0.5) is 13.2 Å². The van der Waals surface area contributed by atoms with Crippen LogP contribution in [0.2, 0.25) is 0 Å². The SMILES string of the molecule is OB(O)OC1(c2cccc(F)c2)CCCC1(c1cccc(F)c1)c1cccc(F)c1. The van der Waals surface area contributed by atoms with E-state index < -0.39 is 35.8 Å². The highest BCUT2D eigenvalue weighted by Gasteiger charge is 2.60. The van der Waals surface area contributed by atoms with Crippen LogP contribution in [0.3, 0.4) is 0 Å². The maximum absolute atomic E-state index is 14.3. The molecule has 1 unspecified atom stereocenters. The normalized spacial score (nSPS) is 20.3. The van der Waals surface area contributed by atoms with E-state index in [1.54, 1.807) is 18.2 Å². The van der Waals surface area contributed by atoms with E-state index >= 15 is 0 Å². The molecule has 0 aliphatic heterocycles. The van der Waals surface area contributed by atoms with Gasteiger partial charge in [0, 0.05) is 0 Å². The van der Waals surface area contributed by atoms with Crippen molar-refractivity contribution >= 4 is 7.32 Å². The first-order valence-corrected chi connectivity index (χ1v) is 9.69. The second-order valence-corrected chi connectivity index (χ2v) is 7.56. The Bertz CT molecular complexity index is 1010. The summed E-state index contributed by atoms with van der Waals surface area (Å²) in [5, 5.41) is 19.7. The summed E-state index contributed by atoms with van der Waals surface area (Å²) in [6.45, 7) is 0. The van der Waals surface area contributed by atoms with E-state index in [2.05, 4.69) is 0 Å². The molecule has 1 saturated carbocycles. The van der Waals surface area contributed by atoms with Crippen LogP contribution in [-0.2, 0) is 15.7 Å². The Morgan fingerprint density at radius 2 is 1.17 bits per heavy atom. The van der Waals surface area contributed by atoms with E-state index in [0.29, 0.717) is 36.0 Å². The third-order valence-electron chi connectivity index (χ3n) is 6.00. The summed E-state index contributed by atoms with van der Waals surface area (Å²) >= 11 is 0. The molecular weight excluding hydrogens is 392 g/mol. The smallest absolute Gasteiger partial charge is 0.402 e. The molecule has 3 nitrogen and oxygen atoms in total. The van der Waals surface area contributed by atoms with Gasteiger partial charge in [0.25, 0.3) is 0 Å².